The number of carboxylic acids is 1. The van der Waals surface area contributed by atoms with Crippen LogP contribution in [-0.4, -0.2) is 19.1 Å². The molecule has 0 aliphatic heterocycles. The number of aliphatic carboxylic acids is 1. The van der Waals surface area contributed by atoms with Gasteiger partial charge in [0.2, 0.25) is 0 Å². The maximum atomic E-state index is 11.3. The minimum absolute atomic E-state index is 0.143. The summed E-state index contributed by atoms with van der Waals surface area (Å²) in [6.45, 7) is 2.46. The van der Waals surface area contributed by atoms with Gasteiger partial charge in [0.1, 0.15) is 8.07 Å². The summed E-state index contributed by atoms with van der Waals surface area (Å²) in [4.78, 5) is 11.3. The molecule has 0 heterocycles. The number of benzene rings is 2. The van der Waals surface area contributed by atoms with Crippen LogP contribution in [0.4, 0.5) is 0 Å². The van der Waals surface area contributed by atoms with Crippen molar-refractivity contribution >= 4 is 24.4 Å². The average Bonchev–Trinajstić information content (AvgIpc) is 2.62. The fourth-order valence-electron chi connectivity index (χ4n) is 4.12. The van der Waals surface area contributed by atoms with Crippen molar-refractivity contribution in [2.24, 2.45) is 5.92 Å². The molecule has 0 unspecified atom stereocenters. The quantitative estimate of drug-likeness (QED) is 0.874. The van der Waals surface area contributed by atoms with Gasteiger partial charge in [0, 0.05) is 0 Å². The van der Waals surface area contributed by atoms with Crippen molar-refractivity contribution in [1.29, 1.82) is 0 Å². The molecule has 2 aromatic carbocycles. The molecule has 3 rings (SSSR count). The van der Waals surface area contributed by atoms with Crippen LogP contribution in [0.2, 0.25) is 12.1 Å². The second kappa shape index (κ2) is 6.71. The van der Waals surface area contributed by atoms with Crippen LogP contribution >= 0.6 is 0 Å². The van der Waals surface area contributed by atoms with Gasteiger partial charge < -0.3 is 5.11 Å². The molecule has 2 nitrogen and oxygen atoms in total. The third kappa shape index (κ3) is 3.11. The Morgan fingerprint density at radius 2 is 1.30 bits per heavy atom. The normalized spacial score (nSPS) is 21.8. The molecule has 0 amide bonds. The van der Waals surface area contributed by atoms with Crippen molar-refractivity contribution in [3.05, 3.63) is 60.7 Å². The highest BCUT2D eigenvalue weighted by atomic mass is 28.3. The maximum absolute atomic E-state index is 11.3. The van der Waals surface area contributed by atoms with Gasteiger partial charge in [0.05, 0.1) is 5.92 Å². The predicted octanol–water partition coefficient (Wildman–Crippen LogP) is 3.52. The van der Waals surface area contributed by atoms with Crippen LogP contribution in [0.25, 0.3) is 0 Å². The zero-order valence-corrected chi connectivity index (χ0v) is 14.6. The lowest BCUT2D eigenvalue weighted by Gasteiger charge is -2.40. The van der Waals surface area contributed by atoms with Crippen molar-refractivity contribution in [2.45, 2.75) is 37.8 Å². The molecule has 23 heavy (non-hydrogen) atoms. The lowest BCUT2D eigenvalue weighted by molar-refractivity contribution is -0.142. The van der Waals surface area contributed by atoms with Crippen LogP contribution in [0.15, 0.2) is 60.7 Å². The van der Waals surface area contributed by atoms with Crippen molar-refractivity contribution in [1.82, 2.24) is 0 Å². The zero-order valence-electron chi connectivity index (χ0n) is 13.6. The lowest BCUT2D eigenvalue weighted by Crippen LogP contribution is -2.59. The average molecular weight is 324 g/mol. The predicted molar refractivity (Wildman–Crippen MR) is 97.1 cm³/mol. The summed E-state index contributed by atoms with van der Waals surface area (Å²) in [5, 5.41) is 12.2. The summed E-state index contributed by atoms with van der Waals surface area (Å²) in [5.41, 5.74) is 0.614. The van der Waals surface area contributed by atoms with Crippen molar-refractivity contribution in [3.8, 4) is 0 Å². The van der Waals surface area contributed by atoms with E-state index in [0.717, 1.165) is 25.7 Å². The minimum Gasteiger partial charge on any atom is -0.481 e. The molecular weight excluding hydrogens is 300 g/mol. The summed E-state index contributed by atoms with van der Waals surface area (Å²) in [6.07, 6.45) is 3.71. The van der Waals surface area contributed by atoms with Crippen molar-refractivity contribution < 1.29 is 9.90 Å². The van der Waals surface area contributed by atoms with Crippen LogP contribution in [0, 0.1) is 5.92 Å². The topological polar surface area (TPSA) is 37.3 Å². The van der Waals surface area contributed by atoms with E-state index in [0.29, 0.717) is 5.54 Å². The Balaban J connectivity index is 1.96. The van der Waals surface area contributed by atoms with Gasteiger partial charge in [-0.1, -0.05) is 90.4 Å². The van der Waals surface area contributed by atoms with E-state index in [4.69, 9.17) is 0 Å². The summed E-state index contributed by atoms with van der Waals surface area (Å²) in [6, 6.07) is 21.7. The molecule has 3 heteroatoms. The fraction of sp³-hybridized carbons (Fsp3) is 0.350. The first-order valence-electron chi connectivity index (χ1n) is 8.46. The Bertz CT molecular complexity index is 606. The molecule has 2 aromatic rings. The molecule has 0 aromatic heterocycles. The molecule has 120 valence electrons. The van der Waals surface area contributed by atoms with Gasteiger partial charge in [0.15, 0.2) is 0 Å². The van der Waals surface area contributed by atoms with Gasteiger partial charge >= 0.3 is 5.97 Å². The van der Waals surface area contributed by atoms with Gasteiger partial charge in [-0.25, -0.2) is 0 Å². The largest absolute Gasteiger partial charge is 0.481 e. The first-order valence-corrected chi connectivity index (χ1v) is 11.0. The van der Waals surface area contributed by atoms with Gasteiger partial charge in [-0.15, -0.1) is 0 Å². The highest BCUT2D eigenvalue weighted by molar-refractivity contribution is 7.02. The van der Waals surface area contributed by atoms with E-state index in [9.17, 15) is 9.90 Å². The van der Waals surface area contributed by atoms with E-state index in [2.05, 4.69) is 67.2 Å². The molecule has 0 spiro atoms. The Morgan fingerprint density at radius 1 is 0.870 bits per heavy atom. The number of carboxylic acid groups (broad SMARTS) is 1. The molecule has 1 N–H and O–H groups in total. The molecule has 0 bridgehead atoms. The molecule has 1 aliphatic rings. The molecule has 0 atom stereocenters. The maximum Gasteiger partial charge on any atom is 0.306 e. The third-order valence-electron chi connectivity index (χ3n) is 5.64. The summed E-state index contributed by atoms with van der Waals surface area (Å²) in [7, 11) is -1.86. The fourth-order valence-corrected chi connectivity index (χ4v) is 8.66. The highest BCUT2D eigenvalue weighted by Crippen LogP contribution is 2.39. The first-order chi connectivity index (χ1) is 11.1. The highest BCUT2D eigenvalue weighted by Gasteiger charge is 2.42. The minimum atomic E-state index is -1.86. The Hall–Kier alpha value is -1.87. The standard InChI is InChI=1S/C20H24O2Si/c1-23(17-8-4-2-5-9-17,18-10-6-3-7-11-18)19-14-12-16(13-15-19)20(21)22/h2-11,16,19H,12-15H2,1H3,(H,21,22). The third-order valence-corrected chi connectivity index (χ3v) is 10.9. The van der Waals surface area contributed by atoms with Crippen LogP contribution in [0.3, 0.4) is 0 Å². The molecule has 1 aliphatic carbocycles. The number of hydrogen-bond acceptors (Lipinski definition) is 1. The Labute approximate surface area is 139 Å². The van der Waals surface area contributed by atoms with E-state index in [-0.39, 0.29) is 5.92 Å². The molecular formula is C20H24O2Si. The monoisotopic (exact) mass is 324 g/mol. The summed E-state index contributed by atoms with van der Waals surface area (Å²) >= 11 is 0. The SMILES string of the molecule is C[Si](c1ccccc1)(c1ccccc1)C1CCC(C(=O)O)CC1. The van der Waals surface area contributed by atoms with E-state index in [1.54, 1.807) is 0 Å². The van der Waals surface area contributed by atoms with Crippen molar-refractivity contribution in [2.75, 3.05) is 0 Å². The molecule has 1 saturated carbocycles. The molecule has 1 fully saturated rings. The zero-order chi connectivity index (χ0) is 16.3. The van der Waals surface area contributed by atoms with E-state index in [1.807, 2.05) is 0 Å². The smallest absolute Gasteiger partial charge is 0.306 e. The molecule has 0 saturated heterocycles. The van der Waals surface area contributed by atoms with Crippen LogP contribution in [0.1, 0.15) is 25.7 Å². The molecule has 0 radical (unpaired) electrons. The van der Waals surface area contributed by atoms with E-state index in [1.165, 1.54) is 10.4 Å². The van der Waals surface area contributed by atoms with Gasteiger partial charge in [-0.2, -0.15) is 0 Å². The number of carbonyl (C=O) groups is 1. The lowest BCUT2D eigenvalue weighted by atomic mass is 9.89. The number of hydrogen-bond donors (Lipinski definition) is 1. The summed E-state index contributed by atoms with van der Waals surface area (Å²) in [5.74, 6) is -0.762. The van der Waals surface area contributed by atoms with Crippen molar-refractivity contribution in [3.63, 3.8) is 0 Å². The van der Waals surface area contributed by atoms with E-state index >= 15 is 0 Å². The Morgan fingerprint density at radius 3 is 1.70 bits per heavy atom. The van der Waals surface area contributed by atoms with Crippen LogP contribution in [0.5, 0.6) is 0 Å². The van der Waals surface area contributed by atoms with Gasteiger partial charge in [-0.05, 0) is 18.4 Å². The Kier molecular flexibility index (Phi) is 4.67. The first kappa shape index (κ1) is 16.0. The van der Waals surface area contributed by atoms with Crippen LogP contribution < -0.4 is 10.4 Å². The second-order valence-corrected chi connectivity index (χ2v) is 11.2. The van der Waals surface area contributed by atoms with E-state index < -0.39 is 14.0 Å². The van der Waals surface area contributed by atoms with Crippen LogP contribution in [-0.2, 0) is 4.79 Å². The number of rotatable bonds is 4. The summed E-state index contributed by atoms with van der Waals surface area (Å²) < 4.78 is 0. The second-order valence-electron chi connectivity index (χ2n) is 6.82. The van der Waals surface area contributed by atoms with Gasteiger partial charge in [-0.3, -0.25) is 4.79 Å². The van der Waals surface area contributed by atoms with Gasteiger partial charge in [0.25, 0.3) is 0 Å².